The lowest BCUT2D eigenvalue weighted by Gasteiger charge is -2.29. The first-order valence-electron chi connectivity index (χ1n) is 8.10. The van der Waals surface area contributed by atoms with Crippen LogP contribution >= 0.6 is 0 Å². The fourth-order valence-corrected chi connectivity index (χ4v) is 4.51. The molecule has 1 aliphatic carbocycles. The Bertz CT molecular complexity index is 275. The number of hydrogen-bond donors (Lipinski definition) is 2. The smallest absolute Gasteiger partial charge is 0.00728 e. The molecule has 2 saturated heterocycles. The summed E-state index contributed by atoms with van der Waals surface area (Å²) >= 11 is 0. The zero-order chi connectivity index (χ0) is 12.6. The van der Waals surface area contributed by atoms with Gasteiger partial charge in [-0.25, -0.2) is 0 Å². The highest BCUT2D eigenvalue weighted by Crippen LogP contribution is 2.37. The summed E-state index contributed by atoms with van der Waals surface area (Å²) in [6.07, 6.45) is 11.3. The van der Waals surface area contributed by atoms with E-state index in [0.29, 0.717) is 5.41 Å². The van der Waals surface area contributed by atoms with Crippen LogP contribution in [0.2, 0.25) is 0 Å². The summed E-state index contributed by atoms with van der Waals surface area (Å²) < 4.78 is 0. The van der Waals surface area contributed by atoms with Crippen LogP contribution < -0.4 is 10.6 Å². The van der Waals surface area contributed by atoms with Gasteiger partial charge in [0, 0.05) is 18.1 Å². The molecule has 3 atom stereocenters. The fourth-order valence-electron chi connectivity index (χ4n) is 4.51. The zero-order valence-electron chi connectivity index (χ0n) is 12.2. The first-order valence-corrected chi connectivity index (χ1v) is 8.10. The SMILES string of the molecule is CC1(C)CCC(NCCC2CC3CCC(C2)N3)C1. The summed E-state index contributed by atoms with van der Waals surface area (Å²) in [5.41, 5.74) is 0.589. The highest BCUT2D eigenvalue weighted by Gasteiger charge is 2.34. The van der Waals surface area contributed by atoms with Crippen LogP contribution in [0, 0.1) is 11.3 Å². The van der Waals surface area contributed by atoms with Gasteiger partial charge in [0.2, 0.25) is 0 Å². The largest absolute Gasteiger partial charge is 0.314 e. The lowest BCUT2D eigenvalue weighted by atomic mass is 9.89. The number of rotatable bonds is 4. The van der Waals surface area contributed by atoms with Gasteiger partial charge in [-0.2, -0.15) is 0 Å². The average molecular weight is 250 g/mol. The lowest BCUT2D eigenvalue weighted by Crippen LogP contribution is -2.39. The van der Waals surface area contributed by atoms with E-state index in [1.54, 1.807) is 0 Å². The first kappa shape index (κ1) is 12.9. The van der Waals surface area contributed by atoms with E-state index in [1.165, 1.54) is 57.9 Å². The molecule has 2 heterocycles. The molecule has 0 spiro atoms. The van der Waals surface area contributed by atoms with Crippen LogP contribution in [-0.2, 0) is 0 Å². The molecule has 0 radical (unpaired) electrons. The van der Waals surface area contributed by atoms with E-state index in [-0.39, 0.29) is 0 Å². The predicted molar refractivity (Wildman–Crippen MR) is 76.7 cm³/mol. The Labute approximate surface area is 112 Å². The maximum atomic E-state index is 3.81. The number of hydrogen-bond acceptors (Lipinski definition) is 2. The molecule has 3 unspecified atom stereocenters. The van der Waals surface area contributed by atoms with Crippen molar-refractivity contribution in [1.82, 2.24) is 10.6 Å². The maximum Gasteiger partial charge on any atom is 0.00728 e. The summed E-state index contributed by atoms with van der Waals surface area (Å²) in [4.78, 5) is 0. The Morgan fingerprint density at radius 2 is 1.83 bits per heavy atom. The van der Waals surface area contributed by atoms with Gasteiger partial charge in [0.15, 0.2) is 0 Å². The molecule has 18 heavy (non-hydrogen) atoms. The predicted octanol–water partition coefficient (Wildman–Crippen LogP) is 3.08. The molecule has 0 aromatic rings. The fraction of sp³-hybridized carbons (Fsp3) is 1.00. The van der Waals surface area contributed by atoms with E-state index in [9.17, 15) is 0 Å². The Morgan fingerprint density at radius 1 is 1.11 bits per heavy atom. The number of fused-ring (bicyclic) bond motifs is 2. The van der Waals surface area contributed by atoms with Crippen LogP contribution in [0.1, 0.15) is 65.2 Å². The second kappa shape index (κ2) is 5.13. The molecule has 2 aliphatic heterocycles. The Morgan fingerprint density at radius 3 is 2.44 bits per heavy atom. The van der Waals surface area contributed by atoms with Crippen molar-refractivity contribution < 1.29 is 0 Å². The second-order valence-electron chi connectivity index (χ2n) is 7.82. The van der Waals surface area contributed by atoms with E-state index in [4.69, 9.17) is 0 Å². The summed E-state index contributed by atoms with van der Waals surface area (Å²) in [6.45, 7) is 6.09. The van der Waals surface area contributed by atoms with Crippen molar-refractivity contribution in [2.24, 2.45) is 11.3 Å². The molecule has 0 aromatic carbocycles. The molecule has 2 bridgehead atoms. The summed E-state index contributed by atoms with van der Waals surface area (Å²) in [7, 11) is 0. The third kappa shape index (κ3) is 3.08. The number of nitrogens with one attached hydrogen (secondary N) is 2. The minimum absolute atomic E-state index is 0.589. The Kier molecular flexibility index (Phi) is 3.68. The maximum absolute atomic E-state index is 3.81. The number of piperidine rings is 1. The van der Waals surface area contributed by atoms with E-state index in [2.05, 4.69) is 24.5 Å². The first-order chi connectivity index (χ1) is 8.61. The van der Waals surface area contributed by atoms with Crippen molar-refractivity contribution >= 4 is 0 Å². The Hall–Kier alpha value is -0.0800. The second-order valence-corrected chi connectivity index (χ2v) is 7.82. The third-order valence-electron chi connectivity index (χ3n) is 5.52. The van der Waals surface area contributed by atoms with Crippen LogP contribution in [-0.4, -0.2) is 24.7 Å². The van der Waals surface area contributed by atoms with Crippen molar-refractivity contribution in [3.8, 4) is 0 Å². The Balaban J connectivity index is 1.35. The van der Waals surface area contributed by atoms with Gasteiger partial charge in [-0.15, -0.1) is 0 Å². The summed E-state index contributed by atoms with van der Waals surface area (Å²) in [5.74, 6) is 0.991. The molecule has 3 rings (SSSR count). The highest BCUT2D eigenvalue weighted by molar-refractivity contribution is 4.92. The quantitative estimate of drug-likeness (QED) is 0.801. The van der Waals surface area contributed by atoms with Crippen molar-refractivity contribution in [2.45, 2.75) is 83.3 Å². The van der Waals surface area contributed by atoms with Gasteiger partial charge in [0.25, 0.3) is 0 Å². The molecular formula is C16H30N2. The molecule has 0 aromatic heterocycles. The van der Waals surface area contributed by atoms with Crippen LogP contribution in [0.15, 0.2) is 0 Å². The molecule has 2 nitrogen and oxygen atoms in total. The normalized spacial score (nSPS) is 42.3. The minimum Gasteiger partial charge on any atom is -0.314 e. The van der Waals surface area contributed by atoms with Crippen molar-refractivity contribution in [3.63, 3.8) is 0 Å². The van der Waals surface area contributed by atoms with Gasteiger partial charge >= 0.3 is 0 Å². The van der Waals surface area contributed by atoms with Crippen molar-refractivity contribution in [2.75, 3.05) is 6.54 Å². The standard InChI is InChI=1S/C16H30N2/c1-16(2)7-5-15(11-16)17-8-6-12-9-13-3-4-14(10-12)18-13/h12-15,17-18H,3-11H2,1-2H3. The van der Waals surface area contributed by atoms with Crippen LogP contribution in [0.25, 0.3) is 0 Å². The van der Waals surface area contributed by atoms with E-state index in [0.717, 1.165) is 24.0 Å². The molecule has 3 fully saturated rings. The van der Waals surface area contributed by atoms with Gasteiger partial charge in [-0.1, -0.05) is 13.8 Å². The third-order valence-corrected chi connectivity index (χ3v) is 5.52. The monoisotopic (exact) mass is 250 g/mol. The van der Waals surface area contributed by atoms with Gasteiger partial charge in [-0.3, -0.25) is 0 Å². The van der Waals surface area contributed by atoms with E-state index >= 15 is 0 Å². The molecule has 3 aliphatic rings. The van der Waals surface area contributed by atoms with Crippen molar-refractivity contribution in [3.05, 3.63) is 0 Å². The van der Waals surface area contributed by atoms with E-state index < -0.39 is 0 Å². The van der Waals surface area contributed by atoms with Gasteiger partial charge in [-0.05, 0) is 69.2 Å². The van der Waals surface area contributed by atoms with Gasteiger partial charge in [0.1, 0.15) is 0 Å². The molecule has 2 heteroatoms. The van der Waals surface area contributed by atoms with Gasteiger partial charge < -0.3 is 10.6 Å². The lowest BCUT2D eigenvalue weighted by molar-refractivity contribution is 0.278. The molecule has 0 amide bonds. The summed E-state index contributed by atoms with van der Waals surface area (Å²) in [5, 5.41) is 7.56. The highest BCUT2D eigenvalue weighted by atomic mass is 15.0. The zero-order valence-corrected chi connectivity index (χ0v) is 12.2. The van der Waals surface area contributed by atoms with E-state index in [1.807, 2.05) is 0 Å². The minimum atomic E-state index is 0.589. The van der Waals surface area contributed by atoms with Crippen molar-refractivity contribution in [1.29, 1.82) is 0 Å². The van der Waals surface area contributed by atoms with Crippen LogP contribution in [0.3, 0.4) is 0 Å². The topological polar surface area (TPSA) is 24.1 Å². The van der Waals surface area contributed by atoms with Gasteiger partial charge in [0.05, 0.1) is 0 Å². The molecule has 104 valence electrons. The van der Waals surface area contributed by atoms with Crippen LogP contribution in [0.4, 0.5) is 0 Å². The summed E-state index contributed by atoms with van der Waals surface area (Å²) in [6, 6.07) is 2.52. The molecule has 1 saturated carbocycles. The average Bonchev–Trinajstić information content (AvgIpc) is 2.82. The van der Waals surface area contributed by atoms with Crippen LogP contribution in [0.5, 0.6) is 0 Å². The molecular weight excluding hydrogens is 220 g/mol. The molecule has 2 N–H and O–H groups in total.